The van der Waals surface area contributed by atoms with Crippen molar-refractivity contribution >= 4 is 32.5 Å². The lowest BCUT2D eigenvalue weighted by atomic mass is 10.0. The van der Waals surface area contributed by atoms with Crippen molar-refractivity contribution in [3.8, 4) is 0 Å². The first-order valence-corrected chi connectivity index (χ1v) is 11.9. The zero-order valence-electron chi connectivity index (χ0n) is 17.8. The Bertz CT molecular complexity index is 1410. The van der Waals surface area contributed by atoms with Crippen LogP contribution in [0.4, 0.5) is 10.1 Å². The molecule has 0 aliphatic carbocycles. The van der Waals surface area contributed by atoms with Crippen molar-refractivity contribution in [3.63, 3.8) is 0 Å². The molecule has 0 aliphatic heterocycles. The largest absolute Gasteiger partial charge is 0.345 e. The van der Waals surface area contributed by atoms with Crippen molar-refractivity contribution in [2.24, 2.45) is 0 Å². The molecule has 0 spiro atoms. The Kier molecular flexibility index (Phi) is 6.37. The van der Waals surface area contributed by atoms with Gasteiger partial charge in [0.2, 0.25) is 0 Å². The molecule has 3 aromatic carbocycles. The van der Waals surface area contributed by atoms with Gasteiger partial charge in [-0.05, 0) is 36.2 Å². The number of rotatable bonds is 7. The topological polar surface area (TPSA) is 88.2 Å². The fourth-order valence-corrected chi connectivity index (χ4v) is 4.92. The number of sulfonamides is 1. The summed E-state index contributed by atoms with van der Waals surface area (Å²) in [5, 5.41) is 3.45. The number of benzene rings is 3. The van der Waals surface area contributed by atoms with Crippen LogP contribution in [0.25, 0.3) is 10.9 Å². The van der Waals surface area contributed by atoms with Gasteiger partial charge in [-0.25, -0.2) is 12.8 Å². The number of para-hydroxylation sites is 1. The van der Waals surface area contributed by atoms with E-state index in [1.54, 1.807) is 24.3 Å². The number of hydrogen-bond donors (Lipinski definition) is 2. The zero-order chi connectivity index (χ0) is 23.4. The van der Waals surface area contributed by atoms with Gasteiger partial charge >= 0.3 is 0 Å². The summed E-state index contributed by atoms with van der Waals surface area (Å²) in [6.07, 6.45) is 2.07. The first-order valence-electron chi connectivity index (χ1n) is 10.4. The average molecular weight is 466 g/mol. The number of hydrogen-bond acceptors (Lipinski definition) is 4. The summed E-state index contributed by atoms with van der Waals surface area (Å²) in [6, 6.07) is 21.0. The van der Waals surface area contributed by atoms with E-state index in [-0.39, 0.29) is 29.1 Å². The lowest BCUT2D eigenvalue weighted by molar-refractivity contribution is 0.0932. The molecule has 6 nitrogen and oxygen atoms in total. The monoisotopic (exact) mass is 465 g/mol. The second-order valence-electron chi connectivity index (χ2n) is 7.44. The van der Waals surface area contributed by atoms with Crippen LogP contribution in [0.3, 0.4) is 0 Å². The lowest BCUT2D eigenvalue weighted by Crippen LogP contribution is -2.30. The summed E-state index contributed by atoms with van der Waals surface area (Å²) in [5.41, 5.74) is 0.630. The summed E-state index contributed by atoms with van der Waals surface area (Å²) < 4.78 is 43.6. The van der Waals surface area contributed by atoms with Gasteiger partial charge in [0, 0.05) is 13.0 Å². The Morgan fingerprint density at radius 1 is 1.00 bits per heavy atom. The van der Waals surface area contributed by atoms with Crippen molar-refractivity contribution in [2.75, 3.05) is 4.72 Å². The highest BCUT2D eigenvalue weighted by atomic mass is 32.2. The Morgan fingerprint density at radius 2 is 1.73 bits per heavy atom. The summed E-state index contributed by atoms with van der Waals surface area (Å²) in [4.78, 5) is 17.2. The molecule has 1 heterocycles. The van der Waals surface area contributed by atoms with E-state index in [0.717, 1.165) is 11.6 Å². The van der Waals surface area contributed by atoms with Crippen LogP contribution >= 0.6 is 0 Å². The third-order valence-corrected chi connectivity index (χ3v) is 6.68. The Labute approximate surface area is 193 Å². The van der Waals surface area contributed by atoms with Gasteiger partial charge in [-0.15, -0.1) is 0 Å². The van der Waals surface area contributed by atoms with Crippen LogP contribution < -0.4 is 10.0 Å². The normalized spacial score (nSPS) is 12.3. The van der Waals surface area contributed by atoms with E-state index in [1.165, 1.54) is 24.4 Å². The van der Waals surface area contributed by atoms with E-state index in [0.29, 0.717) is 11.8 Å². The third kappa shape index (κ3) is 4.70. The van der Waals surface area contributed by atoms with Crippen LogP contribution in [0.15, 0.2) is 90.0 Å². The number of pyridine rings is 1. The molecular formula is C25H24FN3O3S. The van der Waals surface area contributed by atoms with Crippen LogP contribution in [0.5, 0.6) is 0 Å². The Hall–Kier alpha value is -3.78. The van der Waals surface area contributed by atoms with Crippen LogP contribution in [-0.4, -0.2) is 19.3 Å². The second-order valence-corrected chi connectivity index (χ2v) is 9.09. The van der Waals surface area contributed by atoms with Crippen molar-refractivity contribution in [1.29, 1.82) is 0 Å². The summed E-state index contributed by atoms with van der Waals surface area (Å²) in [7, 11) is -4.16. The highest BCUT2D eigenvalue weighted by molar-refractivity contribution is 7.93. The van der Waals surface area contributed by atoms with E-state index in [2.05, 4.69) is 15.0 Å². The quantitative estimate of drug-likeness (QED) is 0.388. The number of carbonyl (C=O) groups excluding carboxylic acids is 1. The maximum Gasteiger partial charge on any atom is 0.264 e. The molecule has 1 amide bonds. The van der Waals surface area contributed by atoms with Crippen LogP contribution in [-0.2, 0) is 10.0 Å². The molecule has 0 unspecified atom stereocenters. The summed E-state index contributed by atoms with van der Waals surface area (Å²) >= 11 is 0. The fraction of sp³-hybridized carbons (Fsp3) is 0.120. The van der Waals surface area contributed by atoms with Gasteiger partial charge in [-0.2, -0.15) is 0 Å². The molecule has 0 aliphatic rings. The zero-order valence-corrected chi connectivity index (χ0v) is 18.6. The molecule has 0 saturated carbocycles. The van der Waals surface area contributed by atoms with Crippen LogP contribution in [0.1, 0.15) is 36.7 Å². The van der Waals surface area contributed by atoms with Crippen molar-refractivity contribution in [2.45, 2.75) is 24.3 Å². The molecule has 0 bridgehead atoms. The fourth-order valence-electron chi connectivity index (χ4n) is 3.67. The molecular weight excluding hydrogens is 441 g/mol. The SMILES string of the molecule is CC[C@H](NC(=O)c1c(F)cccc1NS(=O)(=O)c1cccc2cccnc12)c1ccccc1.[HH]. The second kappa shape index (κ2) is 9.38. The van der Waals surface area contributed by atoms with Gasteiger partial charge in [0.15, 0.2) is 0 Å². The van der Waals surface area contributed by atoms with Crippen molar-refractivity contribution in [1.82, 2.24) is 10.3 Å². The van der Waals surface area contributed by atoms with Gasteiger partial charge in [-0.1, -0.05) is 61.5 Å². The van der Waals surface area contributed by atoms with E-state index < -0.39 is 21.7 Å². The number of carbonyl (C=O) groups is 1. The molecule has 4 aromatic rings. The predicted molar refractivity (Wildman–Crippen MR) is 128 cm³/mol. The van der Waals surface area contributed by atoms with Crippen molar-refractivity contribution < 1.29 is 19.0 Å². The molecule has 1 aromatic heterocycles. The van der Waals surface area contributed by atoms with Gasteiger partial charge in [0.25, 0.3) is 15.9 Å². The lowest BCUT2D eigenvalue weighted by Gasteiger charge is -2.19. The van der Waals surface area contributed by atoms with E-state index in [9.17, 15) is 17.6 Å². The van der Waals surface area contributed by atoms with Crippen LogP contribution in [0.2, 0.25) is 0 Å². The third-order valence-electron chi connectivity index (χ3n) is 5.29. The molecule has 4 rings (SSSR count). The number of nitrogens with one attached hydrogen (secondary N) is 2. The molecule has 33 heavy (non-hydrogen) atoms. The number of nitrogens with zero attached hydrogens (tertiary/aromatic N) is 1. The first-order chi connectivity index (χ1) is 15.9. The minimum absolute atomic E-state index is 0. The van der Waals surface area contributed by atoms with E-state index >= 15 is 0 Å². The number of halogens is 1. The first kappa shape index (κ1) is 22.4. The molecule has 0 saturated heterocycles. The average Bonchev–Trinajstić information content (AvgIpc) is 2.82. The number of fused-ring (bicyclic) bond motifs is 1. The Morgan fingerprint density at radius 3 is 2.48 bits per heavy atom. The maximum absolute atomic E-state index is 14.8. The predicted octanol–water partition coefficient (Wildman–Crippen LogP) is 5.30. The van der Waals surface area contributed by atoms with E-state index in [4.69, 9.17) is 0 Å². The minimum Gasteiger partial charge on any atom is -0.345 e. The van der Waals surface area contributed by atoms with Gasteiger partial charge < -0.3 is 5.32 Å². The summed E-state index contributed by atoms with van der Waals surface area (Å²) in [5.74, 6) is -1.54. The molecule has 170 valence electrons. The molecule has 0 fully saturated rings. The van der Waals surface area contributed by atoms with Crippen molar-refractivity contribution in [3.05, 3.63) is 102 Å². The van der Waals surface area contributed by atoms with E-state index in [1.807, 2.05) is 37.3 Å². The standard InChI is InChI=1S/C25H22FN3O3S.H2/c1-2-20(17-9-4-3-5-10-17)28-25(30)23-19(26)13-7-14-21(23)29-33(31,32)22-15-6-11-18-12-8-16-27-24(18)22;/h3-16,20,29H,2H2,1H3,(H,28,30);1H/t20-;/m0./s1. The maximum atomic E-state index is 14.8. The molecule has 0 radical (unpaired) electrons. The number of amides is 1. The number of anilines is 1. The number of aromatic nitrogens is 1. The molecule has 1 atom stereocenters. The van der Waals surface area contributed by atoms with Gasteiger partial charge in [0.05, 0.1) is 22.8 Å². The highest BCUT2D eigenvalue weighted by Crippen LogP contribution is 2.27. The van der Waals surface area contributed by atoms with Gasteiger partial charge in [-0.3, -0.25) is 14.5 Å². The molecule has 8 heteroatoms. The molecule has 2 N–H and O–H groups in total. The highest BCUT2D eigenvalue weighted by Gasteiger charge is 2.25. The van der Waals surface area contributed by atoms with Gasteiger partial charge in [0.1, 0.15) is 10.7 Å². The smallest absolute Gasteiger partial charge is 0.264 e. The minimum atomic E-state index is -4.16. The van der Waals surface area contributed by atoms with Crippen LogP contribution in [0, 0.1) is 5.82 Å². The Balaban J connectivity index is 0.00000324. The summed E-state index contributed by atoms with van der Waals surface area (Å²) in [6.45, 7) is 1.90.